The van der Waals surface area contributed by atoms with Crippen LogP contribution in [0.25, 0.3) is 10.8 Å². The van der Waals surface area contributed by atoms with Crippen molar-refractivity contribution in [3.63, 3.8) is 0 Å². The average molecular weight is 230 g/mol. The molecule has 0 bridgehead atoms. The molecule has 16 heavy (non-hydrogen) atoms. The van der Waals surface area contributed by atoms with Gasteiger partial charge in [-0.15, -0.1) is 0 Å². The van der Waals surface area contributed by atoms with E-state index in [0.29, 0.717) is 0 Å². The molecule has 1 N–H and O–H groups in total. The summed E-state index contributed by atoms with van der Waals surface area (Å²) < 4.78 is 0. The van der Waals surface area contributed by atoms with Crippen LogP contribution >= 0.6 is 11.6 Å². The summed E-state index contributed by atoms with van der Waals surface area (Å²) in [6, 6.07) is 17.9. The lowest BCUT2D eigenvalue weighted by atomic mass is 10.1. The van der Waals surface area contributed by atoms with E-state index in [1.165, 1.54) is 5.39 Å². The minimum absolute atomic E-state index is 0.822. The average Bonchev–Trinajstić information content (AvgIpc) is 2.88. The minimum atomic E-state index is 0.822. The molecule has 0 atom stereocenters. The first kappa shape index (κ1) is 10.8. The monoisotopic (exact) mass is 229 g/mol. The van der Waals surface area contributed by atoms with Crippen LogP contribution in [0.1, 0.15) is 0 Å². The summed E-state index contributed by atoms with van der Waals surface area (Å²) in [5.74, 6) is 0. The highest BCUT2D eigenvalue weighted by molar-refractivity contribution is 6.35. The minimum Gasteiger partial charge on any atom is -0.368 e. The predicted octanol–water partition coefficient (Wildman–Crippen LogP) is 4.51. The van der Waals surface area contributed by atoms with E-state index in [1.54, 1.807) is 0 Å². The van der Waals surface area contributed by atoms with Crippen molar-refractivity contribution in [2.45, 2.75) is 0 Å². The van der Waals surface area contributed by atoms with Crippen LogP contribution in [-0.4, -0.2) is 4.98 Å². The Kier molecular flexibility index (Phi) is 3.62. The van der Waals surface area contributed by atoms with Gasteiger partial charge in [0.15, 0.2) is 0 Å². The Morgan fingerprint density at radius 2 is 1.44 bits per heavy atom. The molecule has 0 fully saturated rings. The van der Waals surface area contributed by atoms with Crippen LogP contribution < -0.4 is 0 Å². The Morgan fingerprint density at radius 1 is 0.750 bits per heavy atom. The van der Waals surface area contributed by atoms with Crippen molar-refractivity contribution in [1.29, 1.82) is 0 Å². The Balaban J connectivity index is 0.000000162. The summed E-state index contributed by atoms with van der Waals surface area (Å²) in [5, 5.41) is 3.14. The molecule has 0 spiro atoms. The number of hydrogen-bond acceptors (Lipinski definition) is 0. The SMILES string of the molecule is Clc1cccc2ccccc12.c1cc[nH]c1. The molecule has 0 aliphatic carbocycles. The van der Waals surface area contributed by atoms with E-state index in [4.69, 9.17) is 11.6 Å². The zero-order chi connectivity index (χ0) is 11.2. The van der Waals surface area contributed by atoms with Crippen LogP contribution in [0, 0.1) is 0 Å². The molecule has 0 saturated heterocycles. The van der Waals surface area contributed by atoms with E-state index in [1.807, 2.05) is 54.9 Å². The number of benzene rings is 2. The highest BCUT2D eigenvalue weighted by Gasteiger charge is 1.93. The first-order valence-electron chi connectivity index (χ1n) is 5.09. The standard InChI is InChI=1S/C10H7Cl.C4H5N/c11-10-7-3-5-8-4-1-2-6-9(8)10;1-2-4-5-3-1/h1-7H;1-5H. The molecule has 0 aliphatic rings. The second kappa shape index (κ2) is 5.38. The smallest absolute Gasteiger partial charge is 0.0484 e. The summed E-state index contributed by atoms with van der Waals surface area (Å²) in [7, 11) is 0. The number of hydrogen-bond donors (Lipinski definition) is 1. The third-order valence-electron chi connectivity index (χ3n) is 2.23. The Morgan fingerprint density at radius 3 is 2.06 bits per heavy atom. The molecule has 3 aromatic rings. The van der Waals surface area contributed by atoms with Gasteiger partial charge in [0.25, 0.3) is 0 Å². The van der Waals surface area contributed by atoms with E-state index >= 15 is 0 Å². The fourth-order valence-electron chi connectivity index (χ4n) is 1.46. The van der Waals surface area contributed by atoms with E-state index in [-0.39, 0.29) is 0 Å². The van der Waals surface area contributed by atoms with Gasteiger partial charge in [-0.25, -0.2) is 0 Å². The molecule has 0 saturated carbocycles. The number of nitrogens with one attached hydrogen (secondary N) is 1. The molecule has 1 nitrogen and oxygen atoms in total. The zero-order valence-electron chi connectivity index (χ0n) is 8.73. The molecule has 2 heteroatoms. The lowest BCUT2D eigenvalue weighted by Crippen LogP contribution is -1.70. The molecule has 3 rings (SSSR count). The van der Waals surface area contributed by atoms with Gasteiger partial charge in [0.1, 0.15) is 0 Å². The number of aromatic nitrogens is 1. The Labute approximate surface area is 99.7 Å². The molecule has 80 valence electrons. The summed E-state index contributed by atoms with van der Waals surface area (Å²) in [5.41, 5.74) is 0. The molecule has 0 radical (unpaired) electrons. The van der Waals surface area contributed by atoms with Crippen LogP contribution in [-0.2, 0) is 0 Å². The molecule has 0 unspecified atom stereocenters. The van der Waals surface area contributed by atoms with Gasteiger partial charge >= 0.3 is 0 Å². The Bertz CT molecular complexity index is 521. The van der Waals surface area contributed by atoms with Gasteiger partial charge in [0.2, 0.25) is 0 Å². The van der Waals surface area contributed by atoms with Gasteiger partial charge in [-0.2, -0.15) is 0 Å². The van der Waals surface area contributed by atoms with Crippen molar-refractivity contribution in [3.05, 3.63) is 72.0 Å². The van der Waals surface area contributed by atoms with Crippen molar-refractivity contribution < 1.29 is 0 Å². The quantitative estimate of drug-likeness (QED) is 0.584. The van der Waals surface area contributed by atoms with E-state index in [9.17, 15) is 0 Å². The summed E-state index contributed by atoms with van der Waals surface area (Å²) >= 11 is 5.96. The lowest BCUT2D eigenvalue weighted by Gasteiger charge is -1.97. The number of halogens is 1. The van der Waals surface area contributed by atoms with Gasteiger partial charge in [-0.3, -0.25) is 0 Å². The summed E-state index contributed by atoms with van der Waals surface area (Å²) in [4.78, 5) is 2.86. The van der Waals surface area contributed by atoms with E-state index in [0.717, 1.165) is 10.4 Å². The largest absolute Gasteiger partial charge is 0.368 e. The lowest BCUT2D eigenvalue weighted by molar-refractivity contribution is 1.42. The zero-order valence-corrected chi connectivity index (χ0v) is 9.48. The van der Waals surface area contributed by atoms with Crippen molar-refractivity contribution in [2.75, 3.05) is 0 Å². The van der Waals surface area contributed by atoms with Crippen molar-refractivity contribution in [1.82, 2.24) is 4.98 Å². The highest BCUT2D eigenvalue weighted by atomic mass is 35.5. The van der Waals surface area contributed by atoms with Crippen LogP contribution in [0.2, 0.25) is 5.02 Å². The molecular weight excluding hydrogens is 218 g/mol. The summed E-state index contributed by atoms with van der Waals surface area (Å²) in [6.45, 7) is 0. The van der Waals surface area contributed by atoms with Crippen LogP contribution in [0.3, 0.4) is 0 Å². The van der Waals surface area contributed by atoms with Crippen LogP contribution in [0.4, 0.5) is 0 Å². The van der Waals surface area contributed by atoms with Gasteiger partial charge in [0, 0.05) is 22.8 Å². The van der Waals surface area contributed by atoms with Gasteiger partial charge in [0.05, 0.1) is 0 Å². The van der Waals surface area contributed by atoms with Crippen molar-refractivity contribution >= 4 is 22.4 Å². The maximum atomic E-state index is 5.96. The van der Waals surface area contributed by atoms with Crippen molar-refractivity contribution in [2.24, 2.45) is 0 Å². The third-order valence-corrected chi connectivity index (χ3v) is 2.56. The fourth-order valence-corrected chi connectivity index (χ4v) is 1.71. The normalized spacial score (nSPS) is 9.56. The van der Waals surface area contributed by atoms with E-state index in [2.05, 4.69) is 17.1 Å². The third kappa shape index (κ3) is 2.65. The summed E-state index contributed by atoms with van der Waals surface area (Å²) in [6.07, 6.45) is 3.75. The highest BCUT2D eigenvalue weighted by Crippen LogP contribution is 2.21. The molecule has 1 heterocycles. The van der Waals surface area contributed by atoms with Gasteiger partial charge in [-0.05, 0) is 23.6 Å². The Hall–Kier alpha value is -1.73. The number of H-pyrrole nitrogens is 1. The molecular formula is C14H12ClN. The molecule has 0 aliphatic heterocycles. The maximum Gasteiger partial charge on any atom is 0.0484 e. The van der Waals surface area contributed by atoms with E-state index < -0.39 is 0 Å². The number of fused-ring (bicyclic) bond motifs is 1. The number of aromatic amines is 1. The molecule has 2 aromatic carbocycles. The molecule has 0 amide bonds. The second-order valence-electron chi connectivity index (χ2n) is 3.35. The second-order valence-corrected chi connectivity index (χ2v) is 3.75. The topological polar surface area (TPSA) is 15.8 Å². The first-order chi connectivity index (χ1) is 7.88. The predicted molar refractivity (Wildman–Crippen MR) is 69.8 cm³/mol. The maximum absolute atomic E-state index is 5.96. The van der Waals surface area contributed by atoms with Crippen LogP contribution in [0.5, 0.6) is 0 Å². The van der Waals surface area contributed by atoms with Crippen LogP contribution in [0.15, 0.2) is 67.0 Å². The van der Waals surface area contributed by atoms with Gasteiger partial charge < -0.3 is 4.98 Å². The van der Waals surface area contributed by atoms with Gasteiger partial charge in [-0.1, -0.05) is 48.0 Å². The fraction of sp³-hybridized carbons (Fsp3) is 0. The van der Waals surface area contributed by atoms with Crippen molar-refractivity contribution in [3.8, 4) is 0 Å². The molecule has 1 aromatic heterocycles. The first-order valence-corrected chi connectivity index (χ1v) is 5.47. The number of rotatable bonds is 0.